The lowest BCUT2D eigenvalue weighted by molar-refractivity contribution is -0.122. The molecule has 1 aromatic carbocycles. The summed E-state index contributed by atoms with van der Waals surface area (Å²) in [6.45, 7) is 5.48. The van der Waals surface area contributed by atoms with Gasteiger partial charge in [-0.3, -0.25) is 4.79 Å². The average molecular weight is 262 g/mol. The van der Waals surface area contributed by atoms with E-state index < -0.39 is 5.54 Å². The Kier molecular flexibility index (Phi) is 4.43. The van der Waals surface area contributed by atoms with E-state index in [9.17, 15) is 4.79 Å². The molecule has 0 aliphatic carbocycles. The molecule has 2 rings (SSSR count). The van der Waals surface area contributed by atoms with Crippen LogP contribution in [0.5, 0.6) is 5.75 Å². The standard InChI is InChI=1S/C15H22N2O2/c1-3-15(10-7-11-16-15)14(18)17-12-8-5-6-9-13(12)19-4-2/h5-6,8-9,16H,3-4,7,10-11H2,1-2H3,(H,17,18). The van der Waals surface area contributed by atoms with Crippen molar-refractivity contribution in [2.75, 3.05) is 18.5 Å². The van der Waals surface area contributed by atoms with E-state index in [0.29, 0.717) is 6.61 Å². The Morgan fingerprint density at radius 2 is 2.21 bits per heavy atom. The molecule has 1 heterocycles. The third-order valence-corrected chi connectivity index (χ3v) is 3.72. The zero-order chi connectivity index (χ0) is 13.7. The van der Waals surface area contributed by atoms with Crippen molar-refractivity contribution in [1.29, 1.82) is 0 Å². The van der Waals surface area contributed by atoms with Gasteiger partial charge in [-0.1, -0.05) is 19.1 Å². The van der Waals surface area contributed by atoms with Gasteiger partial charge in [0.25, 0.3) is 0 Å². The number of amides is 1. The van der Waals surface area contributed by atoms with Crippen LogP contribution in [0.2, 0.25) is 0 Å². The maximum Gasteiger partial charge on any atom is 0.244 e. The fourth-order valence-electron chi connectivity index (χ4n) is 2.56. The maximum atomic E-state index is 12.5. The predicted octanol–water partition coefficient (Wildman–Crippen LogP) is 2.56. The van der Waals surface area contributed by atoms with Gasteiger partial charge in [0.2, 0.25) is 5.91 Å². The zero-order valence-electron chi connectivity index (χ0n) is 11.7. The smallest absolute Gasteiger partial charge is 0.244 e. The molecule has 0 spiro atoms. The van der Waals surface area contributed by atoms with Crippen LogP contribution in [-0.2, 0) is 4.79 Å². The maximum absolute atomic E-state index is 12.5. The van der Waals surface area contributed by atoms with Crippen LogP contribution in [0.15, 0.2) is 24.3 Å². The lowest BCUT2D eigenvalue weighted by atomic mass is 9.93. The quantitative estimate of drug-likeness (QED) is 0.857. The minimum atomic E-state index is -0.417. The number of nitrogens with one attached hydrogen (secondary N) is 2. The Hall–Kier alpha value is -1.55. The molecule has 2 N–H and O–H groups in total. The summed E-state index contributed by atoms with van der Waals surface area (Å²) in [7, 11) is 0. The molecular weight excluding hydrogens is 240 g/mol. The average Bonchev–Trinajstić information content (AvgIpc) is 2.91. The summed E-state index contributed by atoms with van der Waals surface area (Å²) in [5.74, 6) is 0.766. The SMILES string of the molecule is CCOc1ccccc1NC(=O)C1(CC)CCCN1. The molecule has 0 saturated carbocycles. The fraction of sp³-hybridized carbons (Fsp3) is 0.533. The van der Waals surface area contributed by atoms with Crippen LogP contribution in [0.3, 0.4) is 0 Å². The van der Waals surface area contributed by atoms with E-state index in [0.717, 1.165) is 37.2 Å². The van der Waals surface area contributed by atoms with Gasteiger partial charge in [0.15, 0.2) is 0 Å². The summed E-state index contributed by atoms with van der Waals surface area (Å²) in [5.41, 5.74) is 0.329. The van der Waals surface area contributed by atoms with E-state index in [1.807, 2.05) is 38.1 Å². The molecule has 4 heteroatoms. The minimum absolute atomic E-state index is 0.0413. The van der Waals surface area contributed by atoms with Gasteiger partial charge in [-0.25, -0.2) is 0 Å². The van der Waals surface area contributed by atoms with Crippen molar-refractivity contribution in [1.82, 2.24) is 5.32 Å². The first-order chi connectivity index (χ1) is 9.22. The summed E-state index contributed by atoms with van der Waals surface area (Å²) in [4.78, 5) is 12.5. The van der Waals surface area contributed by atoms with Gasteiger partial charge in [0.05, 0.1) is 17.8 Å². The number of carbonyl (C=O) groups is 1. The molecule has 1 aliphatic heterocycles. The topological polar surface area (TPSA) is 50.4 Å². The van der Waals surface area contributed by atoms with Gasteiger partial charge in [-0.2, -0.15) is 0 Å². The molecule has 0 radical (unpaired) electrons. The fourth-order valence-corrected chi connectivity index (χ4v) is 2.56. The van der Waals surface area contributed by atoms with Crippen LogP contribution in [-0.4, -0.2) is 24.6 Å². The summed E-state index contributed by atoms with van der Waals surface area (Å²) < 4.78 is 5.53. The van der Waals surface area contributed by atoms with Crippen molar-refractivity contribution >= 4 is 11.6 Å². The monoisotopic (exact) mass is 262 g/mol. The first-order valence-corrected chi connectivity index (χ1v) is 7.00. The number of hydrogen-bond acceptors (Lipinski definition) is 3. The summed E-state index contributed by atoms with van der Waals surface area (Å²) >= 11 is 0. The third kappa shape index (κ3) is 2.89. The molecule has 1 amide bonds. The van der Waals surface area contributed by atoms with Crippen molar-refractivity contribution in [2.45, 2.75) is 38.6 Å². The number of benzene rings is 1. The molecule has 4 nitrogen and oxygen atoms in total. The highest BCUT2D eigenvalue weighted by atomic mass is 16.5. The molecule has 1 aromatic rings. The Bertz CT molecular complexity index is 440. The molecule has 104 valence electrons. The summed E-state index contributed by atoms with van der Waals surface area (Å²) in [6.07, 6.45) is 2.75. The molecule has 0 bridgehead atoms. The van der Waals surface area contributed by atoms with E-state index in [-0.39, 0.29) is 5.91 Å². The Labute approximate surface area is 114 Å². The third-order valence-electron chi connectivity index (χ3n) is 3.72. The van der Waals surface area contributed by atoms with Crippen molar-refractivity contribution in [3.63, 3.8) is 0 Å². The Balaban J connectivity index is 2.14. The molecule has 1 atom stereocenters. The van der Waals surface area contributed by atoms with Crippen molar-refractivity contribution in [3.05, 3.63) is 24.3 Å². The largest absolute Gasteiger partial charge is 0.492 e. The van der Waals surface area contributed by atoms with E-state index >= 15 is 0 Å². The van der Waals surface area contributed by atoms with Gasteiger partial charge in [-0.15, -0.1) is 0 Å². The molecular formula is C15H22N2O2. The number of hydrogen-bond donors (Lipinski definition) is 2. The van der Waals surface area contributed by atoms with Crippen LogP contribution >= 0.6 is 0 Å². The normalized spacial score (nSPS) is 22.2. The van der Waals surface area contributed by atoms with Crippen LogP contribution in [0.25, 0.3) is 0 Å². The summed E-state index contributed by atoms with van der Waals surface area (Å²) in [5, 5.41) is 6.34. The van der Waals surface area contributed by atoms with Gasteiger partial charge in [0, 0.05) is 0 Å². The lowest BCUT2D eigenvalue weighted by Crippen LogP contribution is -2.50. The van der Waals surface area contributed by atoms with Gasteiger partial charge in [-0.05, 0) is 44.9 Å². The Morgan fingerprint density at radius 3 is 2.84 bits per heavy atom. The highest BCUT2D eigenvalue weighted by Gasteiger charge is 2.39. The van der Waals surface area contributed by atoms with E-state index in [2.05, 4.69) is 10.6 Å². The Morgan fingerprint density at radius 1 is 1.42 bits per heavy atom. The van der Waals surface area contributed by atoms with Crippen LogP contribution in [0.1, 0.15) is 33.1 Å². The molecule has 0 aromatic heterocycles. The van der Waals surface area contributed by atoms with Crippen molar-refractivity contribution in [2.24, 2.45) is 0 Å². The van der Waals surface area contributed by atoms with E-state index in [4.69, 9.17) is 4.74 Å². The second-order valence-corrected chi connectivity index (χ2v) is 4.85. The first-order valence-electron chi connectivity index (χ1n) is 7.00. The van der Waals surface area contributed by atoms with Gasteiger partial charge < -0.3 is 15.4 Å². The second-order valence-electron chi connectivity index (χ2n) is 4.85. The number of rotatable bonds is 5. The zero-order valence-corrected chi connectivity index (χ0v) is 11.7. The molecule has 1 aliphatic rings. The number of anilines is 1. The number of para-hydroxylation sites is 2. The first kappa shape index (κ1) is 13.9. The van der Waals surface area contributed by atoms with Gasteiger partial charge >= 0.3 is 0 Å². The number of ether oxygens (including phenoxy) is 1. The van der Waals surface area contributed by atoms with Crippen LogP contribution < -0.4 is 15.4 Å². The molecule has 1 unspecified atom stereocenters. The van der Waals surface area contributed by atoms with E-state index in [1.54, 1.807) is 0 Å². The van der Waals surface area contributed by atoms with Crippen LogP contribution in [0.4, 0.5) is 5.69 Å². The second kappa shape index (κ2) is 6.06. The summed E-state index contributed by atoms with van der Waals surface area (Å²) in [6, 6.07) is 7.56. The molecule has 19 heavy (non-hydrogen) atoms. The minimum Gasteiger partial charge on any atom is -0.492 e. The number of carbonyl (C=O) groups excluding carboxylic acids is 1. The predicted molar refractivity (Wildman–Crippen MR) is 76.5 cm³/mol. The van der Waals surface area contributed by atoms with Crippen molar-refractivity contribution in [3.8, 4) is 5.75 Å². The highest BCUT2D eigenvalue weighted by Crippen LogP contribution is 2.28. The molecule has 1 fully saturated rings. The lowest BCUT2D eigenvalue weighted by Gasteiger charge is -2.27. The molecule has 1 saturated heterocycles. The van der Waals surface area contributed by atoms with Crippen molar-refractivity contribution < 1.29 is 9.53 Å². The van der Waals surface area contributed by atoms with E-state index in [1.165, 1.54) is 0 Å². The van der Waals surface area contributed by atoms with Gasteiger partial charge in [0.1, 0.15) is 5.75 Å². The van der Waals surface area contributed by atoms with Crippen LogP contribution in [0, 0.1) is 0 Å². The highest BCUT2D eigenvalue weighted by molar-refractivity contribution is 5.99.